The van der Waals surface area contributed by atoms with E-state index in [4.69, 9.17) is 12.2 Å². The second-order valence-electron chi connectivity index (χ2n) is 4.18. The van der Waals surface area contributed by atoms with Gasteiger partial charge in [-0.05, 0) is 36.2 Å². The Kier molecular flexibility index (Phi) is 4.06. The monoisotopic (exact) mass is 276 g/mol. The van der Waals surface area contributed by atoms with Crippen LogP contribution in [0.15, 0.2) is 36.5 Å². The van der Waals surface area contributed by atoms with Crippen molar-refractivity contribution in [3.63, 3.8) is 0 Å². The Hall–Kier alpha value is -2.01. The molecule has 1 heterocycles. The van der Waals surface area contributed by atoms with Gasteiger partial charge in [0.15, 0.2) is 0 Å². The summed E-state index contributed by atoms with van der Waals surface area (Å²) in [6, 6.07) is 7.90. The first kappa shape index (κ1) is 13.4. The first-order valence-electron chi connectivity index (χ1n) is 5.79. The summed E-state index contributed by atoms with van der Waals surface area (Å²) >= 11 is 5.09. The Morgan fingerprint density at radius 3 is 2.89 bits per heavy atom. The van der Waals surface area contributed by atoms with Gasteiger partial charge in [-0.1, -0.05) is 24.4 Å². The topological polar surface area (TPSA) is 44.9 Å². The van der Waals surface area contributed by atoms with Gasteiger partial charge in [0.1, 0.15) is 10.5 Å². The fraction of sp³-hybridized carbons (Fsp3) is 0.143. The molecule has 0 aliphatic heterocycles. The number of benzene rings is 1. The highest BCUT2D eigenvalue weighted by molar-refractivity contribution is 7.71. The number of aromatic nitrogens is 1. The molecule has 0 unspecified atom stereocenters. The van der Waals surface area contributed by atoms with Crippen molar-refractivity contribution in [1.82, 2.24) is 10.3 Å². The molecule has 1 aromatic heterocycles. The molecule has 98 valence electrons. The molecule has 0 atom stereocenters. The molecule has 0 fully saturated rings. The van der Waals surface area contributed by atoms with E-state index in [1.807, 2.05) is 6.92 Å². The lowest BCUT2D eigenvalue weighted by Gasteiger charge is -2.07. The number of carbonyl (C=O) groups is 1. The Morgan fingerprint density at radius 1 is 1.42 bits per heavy atom. The molecule has 19 heavy (non-hydrogen) atoms. The van der Waals surface area contributed by atoms with E-state index in [0.717, 1.165) is 5.56 Å². The van der Waals surface area contributed by atoms with E-state index in [2.05, 4.69) is 10.3 Å². The minimum Gasteiger partial charge on any atom is -0.352 e. The third-order valence-electron chi connectivity index (χ3n) is 2.74. The average molecular weight is 276 g/mol. The van der Waals surface area contributed by atoms with Gasteiger partial charge in [-0.25, -0.2) is 4.39 Å². The molecule has 0 spiro atoms. The smallest absolute Gasteiger partial charge is 0.254 e. The van der Waals surface area contributed by atoms with E-state index >= 15 is 0 Å². The minimum absolute atomic E-state index is 0.261. The van der Waals surface area contributed by atoms with Crippen LogP contribution in [0.4, 0.5) is 4.39 Å². The minimum atomic E-state index is -0.320. The van der Waals surface area contributed by atoms with Gasteiger partial charge in [-0.2, -0.15) is 0 Å². The molecule has 2 aromatic rings. The summed E-state index contributed by atoms with van der Waals surface area (Å²) in [6.07, 6.45) is 1.70. The highest BCUT2D eigenvalue weighted by Gasteiger charge is 2.10. The summed E-state index contributed by atoms with van der Waals surface area (Å²) in [5.41, 5.74) is 1.96. The molecule has 0 saturated heterocycles. The fourth-order valence-electron chi connectivity index (χ4n) is 1.78. The van der Waals surface area contributed by atoms with Gasteiger partial charge in [0.2, 0.25) is 0 Å². The van der Waals surface area contributed by atoms with Gasteiger partial charge in [0, 0.05) is 12.7 Å². The van der Waals surface area contributed by atoms with Crippen LogP contribution in [0.5, 0.6) is 0 Å². The lowest BCUT2D eigenvalue weighted by atomic mass is 10.1. The third kappa shape index (κ3) is 3.26. The summed E-state index contributed by atoms with van der Waals surface area (Å²) in [5, 5.41) is 2.73. The molecule has 0 aliphatic rings. The number of hydrogen-bond donors (Lipinski definition) is 2. The average Bonchev–Trinajstić information content (AvgIpc) is 2.36. The van der Waals surface area contributed by atoms with E-state index in [0.29, 0.717) is 15.8 Å². The van der Waals surface area contributed by atoms with E-state index in [1.165, 1.54) is 12.1 Å². The van der Waals surface area contributed by atoms with Crippen molar-refractivity contribution >= 4 is 18.1 Å². The molecular weight excluding hydrogens is 263 g/mol. The molecule has 2 N–H and O–H groups in total. The van der Waals surface area contributed by atoms with Crippen molar-refractivity contribution in [2.24, 2.45) is 0 Å². The number of nitrogens with one attached hydrogen (secondary N) is 2. The zero-order valence-corrected chi connectivity index (χ0v) is 11.2. The van der Waals surface area contributed by atoms with Crippen LogP contribution in [0.2, 0.25) is 0 Å². The molecule has 1 amide bonds. The lowest BCUT2D eigenvalue weighted by Crippen LogP contribution is -2.24. The molecule has 0 bridgehead atoms. The number of halogens is 1. The van der Waals surface area contributed by atoms with Crippen LogP contribution in [-0.2, 0) is 6.54 Å². The summed E-state index contributed by atoms with van der Waals surface area (Å²) < 4.78 is 13.4. The molecule has 0 aliphatic carbocycles. The van der Waals surface area contributed by atoms with Gasteiger partial charge < -0.3 is 10.3 Å². The maximum absolute atomic E-state index is 13.0. The number of carbonyl (C=O) groups excluding carboxylic acids is 1. The highest BCUT2D eigenvalue weighted by atomic mass is 32.1. The zero-order chi connectivity index (χ0) is 13.8. The summed E-state index contributed by atoms with van der Waals surface area (Å²) in [5.74, 6) is -0.580. The van der Waals surface area contributed by atoms with Gasteiger partial charge in [-0.3, -0.25) is 4.79 Å². The van der Waals surface area contributed by atoms with Crippen molar-refractivity contribution in [3.05, 3.63) is 63.7 Å². The lowest BCUT2D eigenvalue weighted by molar-refractivity contribution is 0.0949. The number of rotatable bonds is 3. The predicted molar refractivity (Wildman–Crippen MR) is 73.9 cm³/mol. The standard InChI is InChI=1S/C14H13FN2OS/c1-9-5-6-16-14(19)12(9)13(18)17-8-10-3-2-4-11(15)7-10/h2-7H,8H2,1H3,(H,16,19)(H,17,18). The normalized spacial score (nSPS) is 10.2. The predicted octanol–water partition coefficient (Wildman–Crippen LogP) is 3.12. The summed E-state index contributed by atoms with van der Waals surface area (Å²) in [6.45, 7) is 2.08. The zero-order valence-electron chi connectivity index (χ0n) is 10.4. The first-order valence-corrected chi connectivity index (χ1v) is 6.19. The molecule has 2 rings (SSSR count). The molecule has 5 heteroatoms. The molecule has 3 nitrogen and oxygen atoms in total. The van der Waals surface area contributed by atoms with E-state index in [1.54, 1.807) is 24.4 Å². The fourth-order valence-corrected chi connectivity index (χ4v) is 2.10. The first-order chi connectivity index (χ1) is 9.08. The SMILES string of the molecule is Cc1cc[nH]c(=S)c1C(=O)NCc1cccc(F)c1. The van der Waals surface area contributed by atoms with Crippen LogP contribution < -0.4 is 5.32 Å². The van der Waals surface area contributed by atoms with Crippen LogP contribution in [0.3, 0.4) is 0 Å². The van der Waals surface area contributed by atoms with Crippen LogP contribution in [-0.4, -0.2) is 10.9 Å². The van der Waals surface area contributed by atoms with Gasteiger partial charge in [-0.15, -0.1) is 0 Å². The van der Waals surface area contributed by atoms with E-state index in [9.17, 15) is 9.18 Å². The number of aryl methyl sites for hydroxylation is 1. The summed E-state index contributed by atoms with van der Waals surface area (Å²) in [7, 11) is 0. The third-order valence-corrected chi connectivity index (χ3v) is 3.06. The molecule has 1 aromatic carbocycles. The Labute approximate surface area is 115 Å². The van der Waals surface area contributed by atoms with Crippen LogP contribution in [0, 0.1) is 17.4 Å². The van der Waals surface area contributed by atoms with Crippen molar-refractivity contribution < 1.29 is 9.18 Å². The number of pyridine rings is 1. The second-order valence-corrected chi connectivity index (χ2v) is 4.59. The second kappa shape index (κ2) is 5.75. The highest BCUT2D eigenvalue weighted by Crippen LogP contribution is 2.08. The molecular formula is C14H13FN2OS. The molecule has 0 saturated carbocycles. The van der Waals surface area contributed by atoms with Crippen molar-refractivity contribution in [1.29, 1.82) is 0 Å². The van der Waals surface area contributed by atoms with Gasteiger partial charge >= 0.3 is 0 Å². The van der Waals surface area contributed by atoms with Crippen LogP contribution in [0.25, 0.3) is 0 Å². The number of hydrogen-bond acceptors (Lipinski definition) is 2. The quantitative estimate of drug-likeness (QED) is 0.846. The van der Waals surface area contributed by atoms with Crippen molar-refractivity contribution in [2.75, 3.05) is 0 Å². The number of H-pyrrole nitrogens is 1. The Balaban J connectivity index is 2.12. The van der Waals surface area contributed by atoms with Gasteiger partial charge in [0.25, 0.3) is 5.91 Å². The van der Waals surface area contributed by atoms with Crippen molar-refractivity contribution in [3.8, 4) is 0 Å². The maximum Gasteiger partial charge on any atom is 0.254 e. The van der Waals surface area contributed by atoms with Crippen LogP contribution in [0.1, 0.15) is 21.5 Å². The maximum atomic E-state index is 13.0. The largest absolute Gasteiger partial charge is 0.352 e. The summed E-state index contributed by atoms with van der Waals surface area (Å²) in [4.78, 5) is 14.9. The van der Waals surface area contributed by atoms with E-state index in [-0.39, 0.29) is 18.3 Å². The van der Waals surface area contributed by atoms with Crippen molar-refractivity contribution in [2.45, 2.75) is 13.5 Å². The Morgan fingerprint density at radius 2 is 2.21 bits per heavy atom. The van der Waals surface area contributed by atoms with E-state index < -0.39 is 0 Å². The molecule has 0 radical (unpaired) electrons. The number of aromatic amines is 1. The number of amides is 1. The van der Waals surface area contributed by atoms with Crippen LogP contribution >= 0.6 is 12.2 Å². The van der Waals surface area contributed by atoms with Gasteiger partial charge in [0.05, 0.1) is 5.56 Å². The Bertz CT molecular complexity index is 666.